The second-order valence-electron chi connectivity index (χ2n) is 4.53. The summed E-state index contributed by atoms with van der Waals surface area (Å²) in [5.74, 6) is 1.15. The fourth-order valence-electron chi connectivity index (χ4n) is 2.10. The van der Waals surface area contributed by atoms with Gasteiger partial charge in [0.05, 0.1) is 24.5 Å². The van der Waals surface area contributed by atoms with Crippen molar-refractivity contribution < 1.29 is 14.0 Å². The quantitative estimate of drug-likeness (QED) is 0.883. The van der Waals surface area contributed by atoms with Crippen LogP contribution in [0.15, 0.2) is 27.5 Å². The molecule has 1 saturated heterocycles. The number of nitrogens with zero attached hydrogens (tertiary/aromatic N) is 3. The van der Waals surface area contributed by atoms with Gasteiger partial charge in [-0.2, -0.15) is 4.98 Å². The standard InChI is InChI=1S/C12H15N3O3/c16-10-1-4-15(5-2-10)7-11-13-12(14-18-11)9-3-6-17-8-9/h3,6,8,10,16H,1-2,4-5,7H2. The van der Waals surface area contributed by atoms with Gasteiger partial charge in [0.15, 0.2) is 0 Å². The van der Waals surface area contributed by atoms with Crippen molar-refractivity contribution in [2.24, 2.45) is 0 Å². The number of hydrogen-bond acceptors (Lipinski definition) is 6. The van der Waals surface area contributed by atoms with Gasteiger partial charge in [-0.1, -0.05) is 5.16 Å². The average molecular weight is 249 g/mol. The molecular formula is C12H15N3O3. The number of hydrogen-bond donors (Lipinski definition) is 1. The molecule has 18 heavy (non-hydrogen) atoms. The number of furan rings is 1. The van der Waals surface area contributed by atoms with E-state index in [0.717, 1.165) is 31.5 Å². The molecule has 0 bridgehead atoms. The zero-order valence-corrected chi connectivity index (χ0v) is 9.95. The molecule has 2 aromatic rings. The lowest BCUT2D eigenvalue weighted by atomic mass is 10.1. The summed E-state index contributed by atoms with van der Waals surface area (Å²) in [5, 5.41) is 13.4. The molecule has 2 aromatic heterocycles. The van der Waals surface area contributed by atoms with Crippen LogP contribution >= 0.6 is 0 Å². The van der Waals surface area contributed by atoms with Crippen LogP contribution in [0.4, 0.5) is 0 Å². The van der Waals surface area contributed by atoms with Crippen LogP contribution in [0.3, 0.4) is 0 Å². The predicted molar refractivity (Wildman–Crippen MR) is 62.5 cm³/mol. The highest BCUT2D eigenvalue weighted by atomic mass is 16.5. The molecule has 96 valence electrons. The maximum Gasteiger partial charge on any atom is 0.241 e. The predicted octanol–water partition coefficient (Wildman–Crippen LogP) is 1.29. The second kappa shape index (κ2) is 4.91. The van der Waals surface area contributed by atoms with Crippen molar-refractivity contribution in [1.82, 2.24) is 15.0 Å². The fraction of sp³-hybridized carbons (Fsp3) is 0.500. The van der Waals surface area contributed by atoms with Gasteiger partial charge in [0.25, 0.3) is 0 Å². The van der Waals surface area contributed by atoms with E-state index in [1.54, 1.807) is 18.6 Å². The molecule has 0 spiro atoms. The van der Waals surface area contributed by atoms with Gasteiger partial charge in [-0.05, 0) is 18.9 Å². The first-order chi connectivity index (χ1) is 8.81. The zero-order valence-electron chi connectivity index (χ0n) is 9.95. The molecule has 0 radical (unpaired) electrons. The average Bonchev–Trinajstić information content (AvgIpc) is 3.02. The van der Waals surface area contributed by atoms with E-state index in [2.05, 4.69) is 15.0 Å². The first-order valence-electron chi connectivity index (χ1n) is 6.07. The number of likely N-dealkylation sites (tertiary alicyclic amines) is 1. The molecule has 1 fully saturated rings. The monoisotopic (exact) mass is 249 g/mol. The Labute approximate surface area is 104 Å². The number of aliphatic hydroxyl groups is 1. The van der Waals surface area contributed by atoms with Crippen LogP contribution in [0.5, 0.6) is 0 Å². The summed E-state index contributed by atoms with van der Waals surface area (Å²) in [4.78, 5) is 6.53. The van der Waals surface area contributed by atoms with Crippen molar-refractivity contribution in [2.75, 3.05) is 13.1 Å². The Kier molecular flexibility index (Phi) is 3.12. The van der Waals surface area contributed by atoms with Gasteiger partial charge in [-0.25, -0.2) is 0 Å². The number of aromatic nitrogens is 2. The molecule has 6 nitrogen and oxygen atoms in total. The third-order valence-electron chi connectivity index (χ3n) is 3.16. The summed E-state index contributed by atoms with van der Waals surface area (Å²) >= 11 is 0. The van der Waals surface area contributed by atoms with Crippen LogP contribution in [-0.4, -0.2) is 39.3 Å². The summed E-state index contributed by atoms with van der Waals surface area (Å²) in [5.41, 5.74) is 0.819. The van der Waals surface area contributed by atoms with E-state index in [-0.39, 0.29) is 6.10 Å². The zero-order chi connectivity index (χ0) is 12.4. The Morgan fingerprint density at radius 3 is 2.94 bits per heavy atom. The molecule has 3 rings (SSSR count). The van der Waals surface area contributed by atoms with E-state index in [1.165, 1.54) is 0 Å². The minimum atomic E-state index is -0.162. The van der Waals surface area contributed by atoms with Crippen molar-refractivity contribution in [3.05, 3.63) is 24.5 Å². The molecule has 0 amide bonds. The molecule has 0 unspecified atom stereocenters. The van der Waals surface area contributed by atoms with Crippen molar-refractivity contribution in [3.8, 4) is 11.4 Å². The minimum Gasteiger partial charge on any atom is -0.472 e. The van der Waals surface area contributed by atoms with E-state index in [0.29, 0.717) is 18.3 Å². The van der Waals surface area contributed by atoms with Gasteiger partial charge in [-0.15, -0.1) is 0 Å². The van der Waals surface area contributed by atoms with Gasteiger partial charge in [-0.3, -0.25) is 4.90 Å². The molecule has 6 heteroatoms. The van der Waals surface area contributed by atoms with E-state index >= 15 is 0 Å². The SMILES string of the molecule is OC1CCN(Cc2nc(-c3ccoc3)no2)CC1. The Balaban J connectivity index is 1.64. The number of aliphatic hydroxyl groups excluding tert-OH is 1. The molecule has 0 aliphatic carbocycles. The maximum atomic E-state index is 9.43. The van der Waals surface area contributed by atoms with E-state index < -0.39 is 0 Å². The third-order valence-corrected chi connectivity index (χ3v) is 3.16. The van der Waals surface area contributed by atoms with Gasteiger partial charge < -0.3 is 14.0 Å². The Bertz CT molecular complexity index is 486. The topological polar surface area (TPSA) is 75.5 Å². The highest BCUT2D eigenvalue weighted by molar-refractivity contribution is 5.51. The lowest BCUT2D eigenvalue weighted by Gasteiger charge is -2.27. The molecule has 1 aliphatic rings. The highest BCUT2D eigenvalue weighted by Crippen LogP contribution is 2.17. The first kappa shape index (κ1) is 11.4. The van der Waals surface area contributed by atoms with E-state index in [1.807, 2.05) is 0 Å². The molecular weight excluding hydrogens is 234 g/mol. The maximum absolute atomic E-state index is 9.43. The van der Waals surface area contributed by atoms with Gasteiger partial charge in [0, 0.05) is 13.1 Å². The lowest BCUT2D eigenvalue weighted by molar-refractivity contribution is 0.0740. The molecule has 0 aromatic carbocycles. The third kappa shape index (κ3) is 2.44. The van der Waals surface area contributed by atoms with Crippen molar-refractivity contribution in [2.45, 2.75) is 25.5 Å². The largest absolute Gasteiger partial charge is 0.472 e. The normalized spacial score (nSPS) is 18.3. The van der Waals surface area contributed by atoms with Crippen LogP contribution in [0, 0.1) is 0 Å². The van der Waals surface area contributed by atoms with Crippen LogP contribution in [0.2, 0.25) is 0 Å². The summed E-state index contributed by atoms with van der Waals surface area (Å²) in [6, 6.07) is 1.80. The van der Waals surface area contributed by atoms with Crippen molar-refractivity contribution in [3.63, 3.8) is 0 Å². The molecule has 1 N–H and O–H groups in total. The lowest BCUT2D eigenvalue weighted by Crippen LogP contribution is -2.35. The Morgan fingerprint density at radius 1 is 1.39 bits per heavy atom. The van der Waals surface area contributed by atoms with Crippen LogP contribution in [0.25, 0.3) is 11.4 Å². The molecule has 1 aliphatic heterocycles. The van der Waals surface area contributed by atoms with Gasteiger partial charge in [0.1, 0.15) is 6.26 Å². The van der Waals surface area contributed by atoms with Gasteiger partial charge >= 0.3 is 0 Å². The van der Waals surface area contributed by atoms with E-state index in [4.69, 9.17) is 8.94 Å². The smallest absolute Gasteiger partial charge is 0.241 e. The Hall–Kier alpha value is -1.66. The van der Waals surface area contributed by atoms with Gasteiger partial charge in [0.2, 0.25) is 11.7 Å². The number of piperidine rings is 1. The molecule has 3 heterocycles. The fourth-order valence-corrected chi connectivity index (χ4v) is 2.10. The van der Waals surface area contributed by atoms with Crippen LogP contribution in [0.1, 0.15) is 18.7 Å². The minimum absolute atomic E-state index is 0.162. The highest BCUT2D eigenvalue weighted by Gasteiger charge is 2.19. The molecule has 0 atom stereocenters. The summed E-state index contributed by atoms with van der Waals surface area (Å²) < 4.78 is 10.2. The first-order valence-corrected chi connectivity index (χ1v) is 6.07. The second-order valence-corrected chi connectivity index (χ2v) is 4.53. The van der Waals surface area contributed by atoms with Crippen LogP contribution < -0.4 is 0 Å². The summed E-state index contributed by atoms with van der Waals surface area (Å²) in [6.07, 6.45) is 4.62. The van der Waals surface area contributed by atoms with Crippen LogP contribution in [-0.2, 0) is 6.54 Å². The van der Waals surface area contributed by atoms with Crippen molar-refractivity contribution >= 4 is 0 Å². The van der Waals surface area contributed by atoms with Crippen molar-refractivity contribution in [1.29, 1.82) is 0 Å². The summed E-state index contributed by atoms with van der Waals surface area (Å²) in [7, 11) is 0. The number of rotatable bonds is 3. The Morgan fingerprint density at radius 2 is 2.22 bits per heavy atom. The molecule has 0 saturated carbocycles. The summed E-state index contributed by atoms with van der Waals surface area (Å²) in [6.45, 7) is 2.37. The van der Waals surface area contributed by atoms with E-state index in [9.17, 15) is 5.11 Å².